The Kier molecular flexibility index (Phi) is 7.49. The Morgan fingerprint density at radius 3 is 2.47 bits per heavy atom. The summed E-state index contributed by atoms with van der Waals surface area (Å²) in [6.45, 7) is 5.49. The first-order chi connectivity index (χ1) is 7.83. The van der Waals surface area contributed by atoms with Gasteiger partial charge in [0.1, 0.15) is 0 Å². The second kappa shape index (κ2) is 7.73. The first-order valence-electron chi connectivity index (χ1n) is 5.38. The molecule has 0 aromatic carbocycles. The maximum absolute atomic E-state index is 11.7. The molecule has 0 aromatic rings. The van der Waals surface area contributed by atoms with Gasteiger partial charge in [-0.3, -0.25) is 0 Å². The predicted octanol–water partition coefficient (Wildman–Crippen LogP) is 1.32. The van der Waals surface area contributed by atoms with Crippen molar-refractivity contribution in [2.45, 2.75) is 33.3 Å². The van der Waals surface area contributed by atoms with E-state index >= 15 is 0 Å². The van der Waals surface area contributed by atoms with Crippen LogP contribution in [0.1, 0.15) is 27.2 Å². The monoisotopic (exact) mass is 286 g/mol. The lowest BCUT2D eigenvalue weighted by molar-refractivity contribution is 0.121. The van der Waals surface area contributed by atoms with Gasteiger partial charge in [0.05, 0.1) is 6.10 Å². The van der Waals surface area contributed by atoms with Crippen molar-refractivity contribution in [1.82, 2.24) is 9.03 Å². The van der Waals surface area contributed by atoms with E-state index in [1.54, 1.807) is 20.8 Å². The van der Waals surface area contributed by atoms with Crippen molar-refractivity contribution < 1.29 is 17.9 Å². The van der Waals surface area contributed by atoms with Gasteiger partial charge >= 0.3 is 16.3 Å². The molecule has 0 unspecified atom stereocenters. The molecule has 0 aliphatic carbocycles. The summed E-state index contributed by atoms with van der Waals surface area (Å²) in [6.07, 6.45) is -0.817. The van der Waals surface area contributed by atoms with Crippen LogP contribution < -0.4 is 4.72 Å². The first kappa shape index (κ1) is 16.5. The number of hydrogen-bond acceptors (Lipinski definition) is 4. The van der Waals surface area contributed by atoms with Crippen LogP contribution >= 0.6 is 11.6 Å². The molecule has 0 rings (SSSR count). The molecule has 0 saturated carbocycles. The first-order valence-corrected chi connectivity index (χ1v) is 7.35. The molecule has 0 fully saturated rings. The summed E-state index contributed by atoms with van der Waals surface area (Å²) in [7, 11) is -3.84. The fraction of sp³-hybridized carbons (Fsp3) is 0.889. The molecule has 0 radical (unpaired) electrons. The molecule has 0 saturated heterocycles. The molecule has 1 amide bonds. The average molecular weight is 287 g/mol. The fourth-order valence-corrected chi connectivity index (χ4v) is 2.31. The summed E-state index contributed by atoms with van der Waals surface area (Å²) < 4.78 is 31.1. The quantitative estimate of drug-likeness (QED) is 0.716. The van der Waals surface area contributed by atoms with E-state index in [1.807, 2.05) is 4.72 Å². The van der Waals surface area contributed by atoms with Gasteiger partial charge < -0.3 is 4.74 Å². The lowest BCUT2D eigenvalue weighted by Crippen LogP contribution is -2.44. The SMILES string of the molecule is CCN(CCCCl)S(=O)(=O)NC(=O)OC(C)C. The number of nitrogens with one attached hydrogen (secondary N) is 1. The smallest absolute Gasteiger partial charge is 0.422 e. The van der Waals surface area contributed by atoms with Crippen molar-refractivity contribution in [3.05, 3.63) is 0 Å². The Bertz CT molecular complexity index is 332. The molecular formula is C9H19ClN2O4S. The minimum Gasteiger partial charge on any atom is -0.446 e. The van der Waals surface area contributed by atoms with Crippen LogP contribution in [0.4, 0.5) is 4.79 Å². The average Bonchev–Trinajstić information content (AvgIpc) is 2.15. The number of carbonyl (C=O) groups excluding carboxylic acids is 1. The normalized spacial score (nSPS) is 11.9. The molecule has 0 bridgehead atoms. The number of carbonyl (C=O) groups is 1. The van der Waals surface area contributed by atoms with Crippen molar-refractivity contribution in [3.8, 4) is 0 Å². The van der Waals surface area contributed by atoms with Crippen LogP contribution in [0.5, 0.6) is 0 Å². The van der Waals surface area contributed by atoms with E-state index < -0.39 is 16.3 Å². The van der Waals surface area contributed by atoms with Gasteiger partial charge in [-0.1, -0.05) is 6.92 Å². The minimum absolute atomic E-state index is 0.265. The van der Waals surface area contributed by atoms with E-state index in [0.29, 0.717) is 12.3 Å². The Morgan fingerprint density at radius 2 is 2.06 bits per heavy atom. The van der Waals surface area contributed by atoms with E-state index in [1.165, 1.54) is 0 Å². The standard InChI is InChI=1S/C9H19ClN2O4S/c1-4-12(7-5-6-10)17(14,15)11-9(13)16-8(2)3/h8H,4-7H2,1-3H3,(H,11,13). The number of nitrogens with zero attached hydrogens (tertiary/aromatic N) is 1. The van der Waals surface area contributed by atoms with Crippen molar-refractivity contribution in [1.29, 1.82) is 0 Å². The third-order valence-electron chi connectivity index (χ3n) is 1.79. The third-order valence-corrected chi connectivity index (χ3v) is 3.60. The van der Waals surface area contributed by atoms with Gasteiger partial charge in [-0.15, -0.1) is 11.6 Å². The van der Waals surface area contributed by atoms with E-state index in [0.717, 1.165) is 4.31 Å². The topological polar surface area (TPSA) is 75.7 Å². The summed E-state index contributed by atoms with van der Waals surface area (Å²) in [5.74, 6) is 0.364. The molecule has 17 heavy (non-hydrogen) atoms. The van der Waals surface area contributed by atoms with Crippen LogP contribution in [0.2, 0.25) is 0 Å². The minimum atomic E-state index is -3.84. The number of alkyl halides is 1. The summed E-state index contributed by atoms with van der Waals surface area (Å²) in [5.41, 5.74) is 0. The van der Waals surface area contributed by atoms with E-state index in [4.69, 9.17) is 16.3 Å². The van der Waals surface area contributed by atoms with Crippen molar-refractivity contribution in [2.24, 2.45) is 0 Å². The molecule has 1 N–H and O–H groups in total. The van der Waals surface area contributed by atoms with Crippen molar-refractivity contribution in [3.63, 3.8) is 0 Å². The maximum atomic E-state index is 11.7. The molecule has 0 aromatic heterocycles. The van der Waals surface area contributed by atoms with Crippen LogP contribution in [-0.4, -0.2) is 43.9 Å². The number of rotatable bonds is 7. The molecule has 0 aliphatic heterocycles. The van der Waals surface area contributed by atoms with Crippen LogP contribution in [0.15, 0.2) is 0 Å². The van der Waals surface area contributed by atoms with Crippen LogP contribution in [0.25, 0.3) is 0 Å². The van der Waals surface area contributed by atoms with Crippen LogP contribution in [0.3, 0.4) is 0 Å². The van der Waals surface area contributed by atoms with Crippen molar-refractivity contribution >= 4 is 27.9 Å². The summed E-state index contributed by atoms with van der Waals surface area (Å²) >= 11 is 5.49. The number of halogens is 1. The van der Waals surface area contributed by atoms with Gasteiger partial charge in [-0.05, 0) is 20.3 Å². The second-order valence-electron chi connectivity index (χ2n) is 3.60. The molecule has 102 valence electrons. The van der Waals surface area contributed by atoms with Gasteiger partial charge in [0.2, 0.25) is 0 Å². The highest BCUT2D eigenvalue weighted by molar-refractivity contribution is 7.87. The Balaban J connectivity index is 4.47. The van der Waals surface area contributed by atoms with Crippen molar-refractivity contribution in [2.75, 3.05) is 19.0 Å². The van der Waals surface area contributed by atoms with Gasteiger partial charge in [0.25, 0.3) is 0 Å². The zero-order valence-electron chi connectivity index (χ0n) is 10.3. The predicted molar refractivity (Wildman–Crippen MR) is 66.3 cm³/mol. The van der Waals surface area contributed by atoms with E-state index in [-0.39, 0.29) is 19.2 Å². The Labute approximate surface area is 107 Å². The largest absolute Gasteiger partial charge is 0.446 e. The lowest BCUT2D eigenvalue weighted by atomic mass is 10.5. The van der Waals surface area contributed by atoms with Crippen LogP contribution in [0, 0.1) is 0 Å². The molecule has 6 nitrogen and oxygen atoms in total. The maximum Gasteiger partial charge on any atom is 0.422 e. The van der Waals surface area contributed by atoms with Gasteiger partial charge in [-0.2, -0.15) is 12.7 Å². The number of hydrogen-bond donors (Lipinski definition) is 1. The van der Waals surface area contributed by atoms with Gasteiger partial charge in [-0.25, -0.2) is 9.52 Å². The molecule has 0 heterocycles. The molecule has 0 spiro atoms. The third kappa shape index (κ3) is 6.70. The zero-order chi connectivity index (χ0) is 13.5. The number of amides is 1. The highest BCUT2D eigenvalue weighted by Gasteiger charge is 2.23. The van der Waals surface area contributed by atoms with E-state index in [9.17, 15) is 13.2 Å². The molecule has 0 atom stereocenters. The van der Waals surface area contributed by atoms with Crippen LogP contribution in [-0.2, 0) is 14.9 Å². The number of ether oxygens (including phenoxy) is 1. The fourth-order valence-electron chi connectivity index (χ4n) is 1.09. The summed E-state index contributed by atoms with van der Waals surface area (Å²) in [5, 5.41) is 0. The zero-order valence-corrected chi connectivity index (χ0v) is 11.8. The van der Waals surface area contributed by atoms with Gasteiger partial charge in [0, 0.05) is 19.0 Å². The molecule has 0 aliphatic rings. The summed E-state index contributed by atoms with van der Waals surface area (Å²) in [6, 6.07) is 0. The molecule has 8 heteroatoms. The second-order valence-corrected chi connectivity index (χ2v) is 5.64. The molecular weight excluding hydrogens is 268 g/mol. The Morgan fingerprint density at radius 1 is 1.47 bits per heavy atom. The lowest BCUT2D eigenvalue weighted by Gasteiger charge is -2.20. The van der Waals surface area contributed by atoms with Gasteiger partial charge in [0.15, 0.2) is 0 Å². The Hall–Kier alpha value is -0.530. The van der Waals surface area contributed by atoms with E-state index in [2.05, 4.69) is 0 Å². The summed E-state index contributed by atoms with van der Waals surface area (Å²) in [4.78, 5) is 11.2. The highest BCUT2D eigenvalue weighted by atomic mass is 35.5. The highest BCUT2D eigenvalue weighted by Crippen LogP contribution is 2.01.